The first kappa shape index (κ1) is 20.8. The maximum Gasteiger partial charge on any atom is 0.252 e. The molecule has 7 heteroatoms. The van der Waals surface area contributed by atoms with Gasteiger partial charge in [-0.05, 0) is 42.8 Å². The number of methoxy groups -OCH3 is 1. The van der Waals surface area contributed by atoms with Crippen molar-refractivity contribution < 1.29 is 14.3 Å². The molecule has 8 rings (SSSR count). The van der Waals surface area contributed by atoms with Crippen LogP contribution in [0.5, 0.6) is 0 Å². The molecule has 4 aliphatic rings. The van der Waals surface area contributed by atoms with Crippen LogP contribution in [0.25, 0.3) is 21.8 Å². The molecular formula is C29H28N4O3. The maximum absolute atomic E-state index is 13.3. The highest BCUT2D eigenvalue weighted by Crippen LogP contribution is 2.57. The molecule has 2 N–H and O–H groups in total. The molecule has 2 bridgehead atoms. The number of fused-ring (bicyclic) bond motifs is 12. The topological polar surface area (TPSA) is 67.8 Å². The first-order valence-electron chi connectivity index (χ1n) is 12.7. The molecule has 4 aromatic rings. The van der Waals surface area contributed by atoms with E-state index in [4.69, 9.17) is 9.47 Å². The largest absolute Gasteiger partial charge is 0.375 e. The van der Waals surface area contributed by atoms with Crippen LogP contribution < -0.4 is 15.5 Å². The molecule has 3 aromatic carbocycles. The van der Waals surface area contributed by atoms with Gasteiger partial charge in [0.15, 0.2) is 5.72 Å². The molecule has 0 saturated carbocycles. The molecule has 0 unspecified atom stereocenters. The van der Waals surface area contributed by atoms with Crippen LogP contribution in [0.1, 0.15) is 46.6 Å². The molecule has 7 nitrogen and oxygen atoms in total. The summed E-state index contributed by atoms with van der Waals surface area (Å²) in [6.07, 6.45) is 1.11. The highest BCUT2D eigenvalue weighted by molar-refractivity contribution is 6.24. The first-order chi connectivity index (χ1) is 17.6. The Morgan fingerprint density at radius 3 is 2.78 bits per heavy atom. The second-order valence-corrected chi connectivity index (χ2v) is 10.5. The second kappa shape index (κ2) is 6.88. The minimum absolute atomic E-state index is 0.0170. The number of carbonyl (C=O) groups excluding carboxylic acids is 1. The molecule has 4 atom stereocenters. The van der Waals surface area contributed by atoms with E-state index in [9.17, 15) is 4.79 Å². The van der Waals surface area contributed by atoms with Crippen LogP contribution in [0.2, 0.25) is 0 Å². The Morgan fingerprint density at radius 2 is 1.94 bits per heavy atom. The van der Waals surface area contributed by atoms with E-state index in [1.807, 2.05) is 7.05 Å². The molecule has 4 aliphatic heterocycles. The van der Waals surface area contributed by atoms with Gasteiger partial charge < -0.3 is 29.6 Å². The van der Waals surface area contributed by atoms with Crippen LogP contribution in [-0.4, -0.2) is 42.5 Å². The molecule has 1 fully saturated rings. The summed E-state index contributed by atoms with van der Waals surface area (Å²) in [4.78, 5) is 15.7. The van der Waals surface area contributed by atoms with Gasteiger partial charge in [0, 0.05) is 49.0 Å². The summed E-state index contributed by atoms with van der Waals surface area (Å²) in [7, 11) is 3.78. The predicted molar refractivity (Wildman–Crippen MR) is 139 cm³/mol. The number of amides is 1. The third-order valence-electron chi connectivity index (χ3n) is 8.89. The summed E-state index contributed by atoms with van der Waals surface area (Å²) in [5.41, 5.74) is 8.11. The molecule has 0 spiro atoms. The van der Waals surface area contributed by atoms with Gasteiger partial charge in [0.2, 0.25) is 0 Å². The molecule has 36 heavy (non-hydrogen) atoms. The number of likely N-dealkylation sites (N-methyl/N-ethyl adjacent to an activating group) is 1. The van der Waals surface area contributed by atoms with E-state index >= 15 is 0 Å². The summed E-state index contributed by atoms with van der Waals surface area (Å²) in [5, 5.41) is 8.81. The third-order valence-corrected chi connectivity index (χ3v) is 8.89. The number of carbonyl (C=O) groups is 1. The SMILES string of the molecule is CN[C@H]1C[C@@H]2O[C@](C)([C@H]1OC)N1c3ccccc3Cc3c4c(c5c6ccccc6n2c5c31)C(=O)NC4. The first-order valence-corrected chi connectivity index (χ1v) is 12.7. The monoisotopic (exact) mass is 480 g/mol. The Labute approximate surface area is 209 Å². The van der Waals surface area contributed by atoms with Crippen LogP contribution in [0, 0.1) is 0 Å². The van der Waals surface area contributed by atoms with Crippen molar-refractivity contribution in [3.63, 3.8) is 0 Å². The van der Waals surface area contributed by atoms with E-state index in [1.54, 1.807) is 7.11 Å². The van der Waals surface area contributed by atoms with Crippen LogP contribution in [-0.2, 0) is 22.4 Å². The molecular weight excluding hydrogens is 452 g/mol. The molecule has 1 aromatic heterocycles. The number of ether oxygens (including phenoxy) is 2. The number of rotatable bonds is 2. The van der Waals surface area contributed by atoms with Crippen molar-refractivity contribution in [2.24, 2.45) is 0 Å². The molecule has 0 aliphatic carbocycles. The minimum atomic E-state index is -0.770. The lowest BCUT2D eigenvalue weighted by Crippen LogP contribution is -2.65. The van der Waals surface area contributed by atoms with Gasteiger partial charge in [-0.3, -0.25) is 4.79 Å². The number of nitrogens with zero attached hydrogens (tertiary/aromatic N) is 2. The third kappa shape index (κ3) is 2.28. The van der Waals surface area contributed by atoms with Gasteiger partial charge in [-0.2, -0.15) is 0 Å². The second-order valence-electron chi connectivity index (χ2n) is 10.5. The van der Waals surface area contributed by atoms with Crippen molar-refractivity contribution in [2.75, 3.05) is 19.1 Å². The number of aromatic nitrogens is 1. The van der Waals surface area contributed by atoms with Gasteiger partial charge in [0.1, 0.15) is 12.3 Å². The summed E-state index contributed by atoms with van der Waals surface area (Å²) in [5.74, 6) is 0.0170. The summed E-state index contributed by atoms with van der Waals surface area (Å²) in [6.45, 7) is 2.72. The Morgan fingerprint density at radius 1 is 1.14 bits per heavy atom. The number of benzene rings is 3. The Bertz CT molecular complexity index is 1620. The zero-order valence-corrected chi connectivity index (χ0v) is 20.6. The fourth-order valence-corrected chi connectivity index (χ4v) is 7.52. The number of nitrogens with one attached hydrogen (secondary N) is 2. The minimum Gasteiger partial charge on any atom is -0.375 e. The van der Waals surface area contributed by atoms with E-state index in [0.717, 1.165) is 57.1 Å². The lowest BCUT2D eigenvalue weighted by molar-refractivity contribution is -0.214. The number of anilines is 2. The van der Waals surface area contributed by atoms with Crippen molar-refractivity contribution in [3.8, 4) is 0 Å². The van der Waals surface area contributed by atoms with Crippen LogP contribution in [0.15, 0.2) is 48.5 Å². The van der Waals surface area contributed by atoms with Gasteiger partial charge in [0.25, 0.3) is 5.91 Å². The summed E-state index contributed by atoms with van der Waals surface area (Å²) < 4.78 is 15.7. The molecule has 5 heterocycles. The lowest BCUT2D eigenvalue weighted by Gasteiger charge is -2.53. The Balaban J connectivity index is 1.61. The quantitative estimate of drug-likeness (QED) is 0.447. The normalized spacial score (nSPS) is 27.7. The van der Waals surface area contributed by atoms with Gasteiger partial charge in [-0.1, -0.05) is 36.4 Å². The molecule has 1 saturated heterocycles. The summed E-state index contributed by atoms with van der Waals surface area (Å²) >= 11 is 0. The highest BCUT2D eigenvalue weighted by Gasteiger charge is 2.56. The van der Waals surface area contributed by atoms with E-state index in [0.29, 0.717) is 6.54 Å². The zero-order chi connectivity index (χ0) is 24.3. The van der Waals surface area contributed by atoms with Crippen LogP contribution in [0.4, 0.5) is 11.4 Å². The fourth-order valence-electron chi connectivity index (χ4n) is 7.52. The van der Waals surface area contributed by atoms with E-state index in [2.05, 4.69) is 75.6 Å². The van der Waals surface area contributed by atoms with Crippen molar-refractivity contribution in [2.45, 2.75) is 50.4 Å². The summed E-state index contributed by atoms with van der Waals surface area (Å²) in [6, 6.07) is 17.1. The fraction of sp³-hybridized carbons (Fsp3) is 0.345. The zero-order valence-electron chi connectivity index (χ0n) is 20.6. The van der Waals surface area contributed by atoms with Crippen molar-refractivity contribution in [3.05, 3.63) is 70.8 Å². The van der Waals surface area contributed by atoms with E-state index < -0.39 is 5.72 Å². The smallest absolute Gasteiger partial charge is 0.252 e. The van der Waals surface area contributed by atoms with Gasteiger partial charge in [-0.25, -0.2) is 0 Å². The number of hydrogen-bond donors (Lipinski definition) is 2. The number of hydrogen-bond acceptors (Lipinski definition) is 5. The Hall–Kier alpha value is -3.39. The highest BCUT2D eigenvalue weighted by atomic mass is 16.6. The molecule has 182 valence electrons. The molecule has 1 amide bonds. The van der Waals surface area contributed by atoms with Gasteiger partial charge in [-0.15, -0.1) is 0 Å². The average Bonchev–Trinajstić information content (AvgIpc) is 3.42. The predicted octanol–water partition coefficient (Wildman–Crippen LogP) is 4.33. The van der Waals surface area contributed by atoms with Crippen LogP contribution >= 0.6 is 0 Å². The standard InChI is InChI=1S/C29H28N4O3/c1-29-27(35-3)19(30-2)13-22(36-29)32-21-11-7-5-9-16(21)23-24-18(14-31-28(24)34)17-12-15-8-4-6-10-20(15)33(29)25(17)26(23)32/h4-11,19,22,27,30H,12-14H2,1-3H3,(H,31,34)/t19-,22-,27-,29+/m0/s1. The number of para-hydroxylation sites is 2. The molecule has 0 radical (unpaired) electrons. The van der Waals surface area contributed by atoms with Gasteiger partial charge >= 0.3 is 0 Å². The average molecular weight is 481 g/mol. The maximum atomic E-state index is 13.3. The van der Waals surface area contributed by atoms with Gasteiger partial charge in [0.05, 0.1) is 22.3 Å². The van der Waals surface area contributed by atoms with E-state index in [-0.39, 0.29) is 24.3 Å². The van der Waals surface area contributed by atoms with E-state index in [1.165, 1.54) is 11.1 Å². The van der Waals surface area contributed by atoms with Crippen molar-refractivity contribution in [1.82, 2.24) is 15.2 Å². The Kier molecular flexibility index (Phi) is 3.97. The lowest BCUT2D eigenvalue weighted by atomic mass is 9.84. The van der Waals surface area contributed by atoms with Crippen molar-refractivity contribution >= 4 is 39.1 Å². The van der Waals surface area contributed by atoms with Crippen molar-refractivity contribution in [1.29, 1.82) is 0 Å². The van der Waals surface area contributed by atoms with Crippen LogP contribution in [0.3, 0.4) is 0 Å².